The van der Waals surface area contributed by atoms with E-state index in [2.05, 4.69) is 20.4 Å². The second kappa shape index (κ2) is 11.3. The minimum atomic E-state index is -2.70. The number of methoxy groups -OCH3 is 1. The molecule has 10 nitrogen and oxygen atoms in total. The standard InChI is InChI=1S/C21H23N3O7/c1-4-20(27)30-14-10-9-13(11-15(14)31-21(28)5-2)22-17(25)12-18(26)23-16-7-6-8-19(24-16)29-3/h6-11H,4-5,12H2,1-3H3,(H,22,25)(H,23,24,26)/i3D3. The number of benzene rings is 1. The maximum atomic E-state index is 12.3. The molecule has 1 aromatic heterocycles. The Hall–Kier alpha value is -3.95. The number of hydrogen-bond acceptors (Lipinski definition) is 8. The number of rotatable bonds is 9. The number of carbonyl (C=O) groups excluding carboxylic acids is 4. The van der Waals surface area contributed by atoms with Crippen LogP contribution in [0.15, 0.2) is 36.4 Å². The van der Waals surface area contributed by atoms with Gasteiger partial charge in [-0.1, -0.05) is 19.9 Å². The van der Waals surface area contributed by atoms with Gasteiger partial charge in [0.25, 0.3) is 0 Å². The third-order valence-corrected chi connectivity index (χ3v) is 3.67. The Morgan fingerprint density at radius 1 is 0.935 bits per heavy atom. The number of carbonyl (C=O) groups is 4. The van der Waals surface area contributed by atoms with Crippen LogP contribution in [0, 0.1) is 0 Å². The van der Waals surface area contributed by atoms with Gasteiger partial charge in [0, 0.05) is 30.7 Å². The average Bonchev–Trinajstić information content (AvgIpc) is 2.74. The van der Waals surface area contributed by atoms with Gasteiger partial charge in [-0.15, -0.1) is 0 Å². The molecular weight excluding hydrogens is 406 g/mol. The molecule has 0 bridgehead atoms. The van der Waals surface area contributed by atoms with Crippen LogP contribution in [0.1, 0.15) is 37.2 Å². The highest BCUT2D eigenvalue weighted by Crippen LogP contribution is 2.31. The molecule has 0 spiro atoms. The Morgan fingerprint density at radius 3 is 2.29 bits per heavy atom. The fraction of sp³-hybridized carbons (Fsp3) is 0.286. The van der Waals surface area contributed by atoms with Crippen molar-refractivity contribution >= 4 is 35.3 Å². The summed E-state index contributed by atoms with van der Waals surface area (Å²) in [6.45, 7) is 3.19. The van der Waals surface area contributed by atoms with E-state index in [9.17, 15) is 19.2 Å². The van der Waals surface area contributed by atoms with Crippen molar-refractivity contribution < 1.29 is 37.5 Å². The quantitative estimate of drug-likeness (QED) is 0.351. The van der Waals surface area contributed by atoms with Gasteiger partial charge in [0.2, 0.25) is 17.7 Å². The summed E-state index contributed by atoms with van der Waals surface area (Å²) in [5.41, 5.74) is 0.194. The van der Waals surface area contributed by atoms with E-state index >= 15 is 0 Å². The monoisotopic (exact) mass is 432 g/mol. The largest absolute Gasteiger partial charge is 0.481 e. The topological polar surface area (TPSA) is 133 Å². The summed E-state index contributed by atoms with van der Waals surface area (Å²) in [6, 6.07) is 8.18. The Bertz CT molecular complexity index is 1070. The molecule has 2 aromatic rings. The molecule has 2 N–H and O–H groups in total. The van der Waals surface area contributed by atoms with Gasteiger partial charge >= 0.3 is 11.9 Å². The van der Waals surface area contributed by atoms with Crippen LogP contribution in [0.4, 0.5) is 11.5 Å². The lowest BCUT2D eigenvalue weighted by Gasteiger charge is -2.12. The minimum absolute atomic E-state index is 0.00425. The molecule has 0 radical (unpaired) electrons. The van der Waals surface area contributed by atoms with Gasteiger partial charge in [-0.3, -0.25) is 19.2 Å². The lowest BCUT2D eigenvalue weighted by atomic mass is 10.2. The number of ether oxygens (including phenoxy) is 3. The van der Waals surface area contributed by atoms with Crippen molar-refractivity contribution in [2.45, 2.75) is 33.1 Å². The first kappa shape index (κ1) is 19.0. The molecular formula is C21H23N3O7. The second-order valence-corrected chi connectivity index (χ2v) is 6.05. The number of nitrogens with zero attached hydrogens (tertiary/aromatic N) is 1. The van der Waals surface area contributed by atoms with E-state index in [-0.39, 0.29) is 41.7 Å². The van der Waals surface area contributed by atoms with E-state index in [4.69, 9.17) is 13.6 Å². The molecule has 10 heteroatoms. The first-order valence-corrected chi connectivity index (χ1v) is 9.30. The summed E-state index contributed by atoms with van der Waals surface area (Å²) >= 11 is 0. The van der Waals surface area contributed by atoms with Gasteiger partial charge in [-0.05, 0) is 18.2 Å². The summed E-state index contributed by atoms with van der Waals surface area (Å²) in [5.74, 6) is -2.81. The van der Waals surface area contributed by atoms with Crippen LogP contribution in [0.3, 0.4) is 0 Å². The van der Waals surface area contributed by atoms with Crippen LogP contribution < -0.4 is 24.8 Å². The Labute approximate surface area is 183 Å². The van der Waals surface area contributed by atoms with Crippen molar-refractivity contribution in [3.8, 4) is 17.4 Å². The van der Waals surface area contributed by atoms with Gasteiger partial charge in [-0.2, -0.15) is 4.98 Å². The van der Waals surface area contributed by atoms with Crippen molar-refractivity contribution in [2.75, 3.05) is 17.7 Å². The maximum Gasteiger partial charge on any atom is 0.311 e. The third-order valence-electron chi connectivity index (χ3n) is 3.67. The highest BCUT2D eigenvalue weighted by atomic mass is 16.6. The molecule has 0 atom stereocenters. The lowest BCUT2D eigenvalue weighted by molar-refractivity contribution is -0.136. The number of nitrogens with one attached hydrogen (secondary N) is 2. The summed E-state index contributed by atoms with van der Waals surface area (Å²) < 4.78 is 36.2. The third kappa shape index (κ3) is 7.42. The minimum Gasteiger partial charge on any atom is -0.481 e. The van der Waals surface area contributed by atoms with Crippen LogP contribution >= 0.6 is 0 Å². The van der Waals surface area contributed by atoms with Crippen LogP contribution in [0.2, 0.25) is 0 Å². The zero-order valence-electron chi connectivity index (χ0n) is 19.9. The van der Waals surface area contributed by atoms with Gasteiger partial charge in [-0.25, -0.2) is 0 Å². The molecule has 2 amide bonds. The SMILES string of the molecule is [2H]C([2H])([2H])Oc1cccc(NC(=O)CC(=O)Nc2ccc(OC(=O)CC)c(OC(=O)CC)c2)n1. The number of esters is 2. The van der Waals surface area contributed by atoms with E-state index in [1.54, 1.807) is 13.8 Å². The van der Waals surface area contributed by atoms with E-state index < -0.39 is 37.2 Å². The van der Waals surface area contributed by atoms with E-state index in [0.717, 1.165) is 0 Å². The van der Waals surface area contributed by atoms with Crippen molar-refractivity contribution in [3.63, 3.8) is 0 Å². The summed E-state index contributed by atoms with van der Waals surface area (Å²) in [4.78, 5) is 51.6. The maximum absolute atomic E-state index is 12.3. The normalized spacial score (nSPS) is 11.9. The molecule has 0 fully saturated rings. The molecule has 164 valence electrons. The van der Waals surface area contributed by atoms with Gasteiger partial charge in [0.05, 0.1) is 11.2 Å². The Morgan fingerprint density at radius 2 is 1.61 bits per heavy atom. The molecule has 0 unspecified atom stereocenters. The molecule has 0 aliphatic heterocycles. The molecule has 1 heterocycles. The highest BCUT2D eigenvalue weighted by molar-refractivity contribution is 6.07. The second-order valence-electron chi connectivity index (χ2n) is 6.05. The first-order valence-electron chi connectivity index (χ1n) is 10.8. The molecule has 0 aliphatic carbocycles. The van der Waals surface area contributed by atoms with Gasteiger partial charge in [0.1, 0.15) is 12.2 Å². The summed E-state index contributed by atoms with van der Waals surface area (Å²) in [5, 5.41) is 4.84. The van der Waals surface area contributed by atoms with Crippen LogP contribution in [0.25, 0.3) is 0 Å². The number of amides is 2. The molecule has 2 rings (SSSR count). The fourth-order valence-electron chi connectivity index (χ4n) is 2.22. The molecule has 0 saturated carbocycles. The Balaban J connectivity index is 2.04. The first-order chi connectivity index (χ1) is 16.0. The van der Waals surface area contributed by atoms with Crippen molar-refractivity contribution in [1.29, 1.82) is 0 Å². The van der Waals surface area contributed by atoms with E-state index in [1.165, 1.54) is 36.4 Å². The number of anilines is 2. The molecule has 31 heavy (non-hydrogen) atoms. The zero-order valence-corrected chi connectivity index (χ0v) is 16.9. The van der Waals surface area contributed by atoms with Gasteiger partial charge < -0.3 is 24.8 Å². The van der Waals surface area contributed by atoms with Crippen molar-refractivity contribution in [2.24, 2.45) is 0 Å². The van der Waals surface area contributed by atoms with Crippen LogP contribution in [0.5, 0.6) is 17.4 Å². The van der Waals surface area contributed by atoms with E-state index in [0.29, 0.717) is 0 Å². The summed E-state index contributed by atoms with van der Waals surface area (Å²) in [7, 11) is -2.70. The van der Waals surface area contributed by atoms with E-state index in [1.807, 2.05) is 0 Å². The predicted octanol–water partition coefficient (Wildman–Crippen LogP) is 2.69. The number of hydrogen-bond donors (Lipinski definition) is 2. The predicted molar refractivity (Wildman–Crippen MR) is 111 cm³/mol. The average molecular weight is 432 g/mol. The number of aromatic nitrogens is 1. The molecule has 0 saturated heterocycles. The fourth-order valence-corrected chi connectivity index (χ4v) is 2.22. The Kier molecular flexibility index (Phi) is 6.93. The lowest BCUT2D eigenvalue weighted by Crippen LogP contribution is -2.22. The van der Waals surface area contributed by atoms with Crippen LogP contribution in [-0.2, 0) is 19.2 Å². The van der Waals surface area contributed by atoms with Crippen LogP contribution in [-0.4, -0.2) is 35.8 Å². The van der Waals surface area contributed by atoms with Crippen molar-refractivity contribution in [1.82, 2.24) is 4.98 Å². The van der Waals surface area contributed by atoms with Gasteiger partial charge in [0.15, 0.2) is 11.5 Å². The summed E-state index contributed by atoms with van der Waals surface area (Å²) in [6.07, 6.45) is -0.415. The molecule has 1 aromatic carbocycles. The molecule has 0 aliphatic rings. The van der Waals surface area contributed by atoms with Crippen molar-refractivity contribution in [3.05, 3.63) is 36.4 Å². The zero-order chi connectivity index (χ0) is 25.3. The smallest absolute Gasteiger partial charge is 0.311 e. The highest BCUT2D eigenvalue weighted by Gasteiger charge is 2.16. The number of pyridine rings is 1.